The van der Waals surface area contributed by atoms with Crippen molar-refractivity contribution in [3.8, 4) is 5.75 Å². The van der Waals surface area contributed by atoms with Gasteiger partial charge in [-0.2, -0.15) is 5.10 Å². The van der Waals surface area contributed by atoms with Gasteiger partial charge in [0.1, 0.15) is 5.75 Å². The molecule has 0 radical (unpaired) electrons. The van der Waals surface area contributed by atoms with Crippen LogP contribution in [0.2, 0.25) is 0 Å². The molecule has 0 amide bonds. The fourth-order valence-corrected chi connectivity index (χ4v) is 5.32. The summed E-state index contributed by atoms with van der Waals surface area (Å²) in [6.07, 6.45) is 13.3. The highest BCUT2D eigenvalue weighted by molar-refractivity contribution is 5.85. The highest BCUT2D eigenvalue weighted by Gasteiger charge is 2.22. The summed E-state index contributed by atoms with van der Waals surface area (Å²) in [5.41, 5.74) is 10.2. The Morgan fingerprint density at radius 3 is 2.46 bits per heavy atom. The van der Waals surface area contributed by atoms with Gasteiger partial charge in [-0.25, -0.2) is 0 Å². The van der Waals surface area contributed by atoms with Crippen molar-refractivity contribution < 1.29 is 5.11 Å². The lowest BCUT2D eigenvalue weighted by molar-refractivity contribution is 0.474. The molecule has 0 saturated heterocycles. The molecule has 1 atom stereocenters. The maximum atomic E-state index is 9.81. The van der Waals surface area contributed by atoms with Crippen LogP contribution in [0, 0.1) is 0 Å². The highest BCUT2D eigenvalue weighted by atomic mass is 16.3. The zero-order valence-corrected chi connectivity index (χ0v) is 23.9. The molecule has 1 aromatic heterocycles. The summed E-state index contributed by atoms with van der Waals surface area (Å²) in [6.45, 7) is 17.4. The number of aromatic amines is 1. The lowest BCUT2D eigenvalue weighted by Gasteiger charge is -2.27. The molecule has 39 heavy (non-hydrogen) atoms. The van der Waals surface area contributed by atoms with Gasteiger partial charge in [-0.3, -0.25) is 10.1 Å². The Morgan fingerprint density at radius 1 is 1.15 bits per heavy atom. The average Bonchev–Trinajstić information content (AvgIpc) is 3.66. The SMILES string of the molecule is C.C1CCCC1.C=NC1=C(NCc2[nH]nc3c2CCC(c2ccc(O)cc2CC)=C3)CNC(C(=C)C)C1.CC. The van der Waals surface area contributed by atoms with Crippen LogP contribution < -0.4 is 10.6 Å². The summed E-state index contributed by atoms with van der Waals surface area (Å²) in [4.78, 5) is 4.25. The molecule has 6 nitrogen and oxygen atoms in total. The zero-order chi connectivity index (χ0) is 27.5. The molecule has 2 aromatic rings. The Bertz CT molecular complexity index is 1150. The lowest BCUT2D eigenvalue weighted by Crippen LogP contribution is -2.39. The zero-order valence-electron chi connectivity index (χ0n) is 23.9. The summed E-state index contributed by atoms with van der Waals surface area (Å²) >= 11 is 0. The molecule has 0 bridgehead atoms. The number of aromatic nitrogens is 2. The average molecular weight is 534 g/mol. The van der Waals surface area contributed by atoms with Crippen molar-refractivity contribution in [3.05, 3.63) is 69.8 Å². The Kier molecular flexibility index (Phi) is 13.2. The maximum Gasteiger partial charge on any atom is 0.115 e. The second-order valence-corrected chi connectivity index (χ2v) is 10.1. The molecule has 5 rings (SSSR count). The molecule has 4 N–H and O–H groups in total. The summed E-state index contributed by atoms with van der Waals surface area (Å²) in [5, 5.41) is 24.6. The van der Waals surface area contributed by atoms with Gasteiger partial charge < -0.3 is 15.7 Å². The predicted octanol–water partition coefficient (Wildman–Crippen LogP) is 7.72. The fourth-order valence-electron chi connectivity index (χ4n) is 5.32. The summed E-state index contributed by atoms with van der Waals surface area (Å²) in [5.74, 6) is 0.320. The summed E-state index contributed by atoms with van der Waals surface area (Å²) < 4.78 is 0. The van der Waals surface area contributed by atoms with Crippen molar-refractivity contribution in [1.29, 1.82) is 0 Å². The molecule has 1 saturated carbocycles. The topological polar surface area (TPSA) is 85.3 Å². The number of hydrogen-bond acceptors (Lipinski definition) is 5. The second kappa shape index (κ2) is 16.1. The van der Waals surface area contributed by atoms with Crippen LogP contribution in [0.4, 0.5) is 0 Å². The van der Waals surface area contributed by atoms with E-state index >= 15 is 0 Å². The number of benzene rings is 1. The Balaban J connectivity index is 0.000000590. The van der Waals surface area contributed by atoms with Gasteiger partial charge >= 0.3 is 0 Å². The van der Waals surface area contributed by atoms with Crippen LogP contribution in [0.25, 0.3) is 11.6 Å². The Morgan fingerprint density at radius 2 is 1.85 bits per heavy atom. The summed E-state index contributed by atoms with van der Waals surface area (Å²) in [7, 11) is 0. The van der Waals surface area contributed by atoms with Gasteiger partial charge in [0, 0.05) is 30.3 Å². The van der Waals surface area contributed by atoms with E-state index < -0.39 is 0 Å². The molecule has 2 aliphatic carbocycles. The lowest BCUT2D eigenvalue weighted by atomic mass is 9.88. The van der Waals surface area contributed by atoms with Crippen molar-refractivity contribution in [2.45, 2.75) is 105 Å². The van der Waals surface area contributed by atoms with Crippen LogP contribution in [0.1, 0.15) is 108 Å². The minimum absolute atomic E-state index is 0. The maximum absolute atomic E-state index is 9.81. The van der Waals surface area contributed by atoms with E-state index in [0.29, 0.717) is 12.3 Å². The van der Waals surface area contributed by atoms with Crippen LogP contribution in [-0.2, 0) is 19.4 Å². The summed E-state index contributed by atoms with van der Waals surface area (Å²) in [6, 6.07) is 5.90. The third kappa shape index (κ3) is 8.43. The number of allylic oxidation sites excluding steroid dienone is 1. The first-order valence-corrected chi connectivity index (χ1v) is 14.4. The first-order valence-electron chi connectivity index (χ1n) is 14.4. The van der Waals surface area contributed by atoms with Gasteiger partial charge in [-0.05, 0) is 67.8 Å². The van der Waals surface area contributed by atoms with Gasteiger partial charge in [-0.15, -0.1) is 0 Å². The van der Waals surface area contributed by atoms with Gasteiger partial charge in [0.15, 0.2) is 0 Å². The smallest absolute Gasteiger partial charge is 0.115 e. The van der Waals surface area contributed by atoms with Gasteiger partial charge in [-0.1, -0.05) is 78.5 Å². The van der Waals surface area contributed by atoms with E-state index in [4.69, 9.17) is 0 Å². The third-order valence-corrected chi connectivity index (χ3v) is 7.54. The van der Waals surface area contributed by atoms with Crippen molar-refractivity contribution in [2.75, 3.05) is 6.54 Å². The minimum Gasteiger partial charge on any atom is -0.508 e. The molecule has 1 fully saturated rings. The number of aliphatic imine (C=N–C) groups is 1. The van der Waals surface area contributed by atoms with E-state index in [1.54, 1.807) is 6.07 Å². The number of nitrogens with zero attached hydrogens (tertiary/aromatic N) is 2. The van der Waals surface area contributed by atoms with Crippen molar-refractivity contribution in [2.24, 2.45) is 4.99 Å². The molecule has 3 aliphatic rings. The van der Waals surface area contributed by atoms with Crippen LogP contribution in [0.5, 0.6) is 5.75 Å². The number of H-pyrrole nitrogens is 1. The fraction of sp³-hybridized carbons (Fsp3) is 0.515. The van der Waals surface area contributed by atoms with Crippen LogP contribution in [0.3, 0.4) is 0 Å². The number of rotatable bonds is 7. The minimum atomic E-state index is 0. The largest absolute Gasteiger partial charge is 0.508 e. The molecule has 6 heteroatoms. The molecule has 214 valence electrons. The number of hydrogen-bond donors (Lipinski definition) is 4. The first-order chi connectivity index (χ1) is 18.5. The quantitative estimate of drug-likeness (QED) is 0.217. The van der Waals surface area contributed by atoms with E-state index in [1.165, 1.54) is 54.4 Å². The van der Waals surface area contributed by atoms with E-state index in [9.17, 15) is 5.11 Å². The number of phenolic OH excluding ortho intramolecular Hbond substituents is 1. The molecule has 1 aromatic carbocycles. The molecule has 2 heterocycles. The number of aromatic hydroxyl groups is 1. The van der Waals surface area contributed by atoms with E-state index in [2.05, 4.69) is 52.1 Å². The number of fused-ring (bicyclic) bond motifs is 1. The number of nitrogens with one attached hydrogen (secondary N) is 3. The molecular weight excluding hydrogens is 482 g/mol. The number of phenols is 1. The van der Waals surface area contributed by atoms with Gasteiger partial charge in [0.2, 0.25) is 0 Å². The second-order valence-electron chi connectivity index (χ2n) is 10.1. The van der Waals surface area contributed by atoms with Crippen molar-refractivity contribution >= 4 is 18.4 Å². The molecule has 0 spiro atoms. The monoisotopic (exact) mass is 533 g/mol. The number of aryl methyl sites for hydroxylation is 1. The van der Waals surface area contributed by atoms with Crippen LogP contribution in [-0.4, -0.2) is 34.6 Å². The van der Waals surface area contributed by atoms with Gasteiger partial charge in [0.05, 0.1) is 23.6 Å². The Hall–Kier alpha value is -3.12. The Labute approximate surface area is 236 Å². The normalized spacial score (nSPS) is 17.8. The predicted molar refractivity (Wildman–Crippen MR) is 168 cm³/mol. The third-order valence-electron chi connectivity index (χ3n) is 7.54. The van der Waals surface area contributed by atoms with E-state index in [1.807, 2.05) is 32.9 Å². The van der Waals surface area contributed by atoms with Crippen LogP contribution in [0.15, 0.2) is 46.7 Å². The molecular formula is C33H51N5O. The standard InChI is InChI=1S/C25H31N5O.C5H10.C2H6.CH4/c1-5-16-10-18(31)7-9-19(16)17-6-8-20-22(11-17)29-30-24(20)13-28-25-14-27-21(15(2)3)12-23(25)26-4;1-2-4-5-3-1;1-2;/h7,9-11,21,27-28,31H,2,4-6,8,12-14H2,1,3H3,(H,29,30);1-5H2;1-2H3;1H4. The van der Waals surface area contributed by atoms with Gasteiger partial charge in [0.25, 0.3) is 0 Å². The van der Waals surface area contributed by atoms with E-state index in [0.717, 1.165) is 60.6 Å². The molecule has 1 unspecified atom stereocenters. The molecule has 1 aliphatic heterocycles. The first kappa shape index (κ1) is 32.1. The van der Waals surface area contributed by atoms with Crippen molar-refractivity contribution in [1.82, 2.24) is 20.8 Å². The highest BCUT2D eigenvalue weighted by Crippen LogP contribution is 2.34. The van der Waals surface area contributed by atoms with Crippen molar-refractivity contribution in [3.63, 3.8) is 0 Å². The van der Waals surface area contributed by atoms with E-state index in [-0.39, 0.29) is 13.5 Å². The van der Waals surface area contributed by atoms with Crippen LogP contribution >= 0.6 is 0 Å².